The molecule has 1 aromatic carbocycles. The van der Waals surface area contributed by atoms with Gasteiger partial charge in [0.1, 0.15) is 5.82 Å². The van der Waals surface area contributed by atoms with Crippen LogP contribution in [-0.2, 0) is 10.0 Å². The number of carbonyl (C=O) groups is 1. The van der Waals surface area contributed by atoms with E-state index >= 15 is 0 Å². The lowest BCUT2D eigenvalue weighted by molar-refractivity contribution is 0.0981. The first-order valence-corrected chi connectivity index (χ1v) is 15.7. The normalized spacial score (nSPS) is 25.3. The Morgan fingerprint density at radius 1 is 1.10 bits per heavy atom. The van der Waals surface area contributed by atoms with Crippen LogP contribution in [0.4, 0.5) is 5.82 Å². The van der Waals surface area contributed by atoms with Gasteiger partial charge in [0, 0.05) is 24.3 Å². The number of carbonyl (C=O) groups excluding carboxylic acids is 1. The summed E-state index contributed by atoms with van der Waals surface area (Å²) in [5, 5.41) is 4.61. The highest BCUT2D eigenvalue weighted by atomic mass is 32.2. The second-order valence-corrected chi connectivity index (χ2v) is 14.0. The average Bonchev–Trinajstić information content (AvgIpc) is 3.71. The van der Waals surface area contributed by atoms with Crippen LogP contribution in [0.2, 0.25) is 0 Å². The molecule has 2 saturated carbocycles. The van der Waals surface area contributed by atoms with Crippen LogP contribution in [0.15, 0.2) is 59.6 Å². The lowest BCUT2D eigenvalue weighted by atomic mass is 9.90. The first kappa shape index (κ1) is 26.8. The van der Waals surface area contributed by atoms with Gasteiger partial charge >= 0.3 is 0 Å². The molecule has 2 aromatic heterocycles. The Hall–Kier alpha value is -3.40. The first-order valence-electron chi connectivity index (χ1n) is 14.2. The molecule has 9 nitrogen and oxygen atoms in total. The molecule has 3 fully saturated rings. The fourth-order valence-electron chi connectivity index (χ4n) is 7.03. The molecule has 10 heteroatoms. The zero-order valence-corrected chi connectivity index (χ0v) is 24.1. The summed E-state index contributed by atoms with van der Waals surface area (Å²) in [6.45, 7) is 7.78. The number of hydrogen-bond donors (Lipinski definition) is 1. The molecule has 40 heavy (non-hydrogen) atoms. The van der Waals surface area contributed by atoms with Gasteiger partial charge in [-0.05, 0) is 87.5 Å². The lowest BCUT2D eigenvalue weighted by Crippen LogP contribution is -2.41. The number of pyridine rings is 1. The number of hydrogen-bond acceptors (Lipinski definition) is 7. The van der Waals surface area contributed by atoms with Crippen LogP contribution in [-0.4, -0.2) is 47.8 Å². The fourth-order valence-corrected chi connectivity index (χ4v) is 8.02. The third kappa shape index (κ3) is 5.21. The number of nitrogens with one attached hydrogen (secondary N) is 1. The van der Waals surface area contributed by atoms with Crippen LogP contribution >= 0.6 is 0 Å². The van der Waals surface area contributed by atoms with Gasteiger partial charge in [0.2, 0.25) is 5.88 Å². The topological polar surface area (TPSA) is 106 Å². The predicted molar refractivity (Wildman–Crippen MR) is 152 cm³/mol. The Kier molecular flexibility index (Phi) is 6.84. The molecule has 1 amide bonds. The van der Waals surface area contributed by atoms with Crippen LogP contribution in [0.1, 0.15) is 63.2 Å². The van der Waals surface area contributed by atoms with Crippen molar-refractivity contribution in [2.45, 2.75) is 63.3 Å². The molecule has 1 N–H and O–H groups in total. The van der Waals surface area contributed by atoms with Crippen molar-refractivity contribution in [1.29, 1.82) is 0 Å². The van der Waals surface area contributed by atoms with Gasteiger partial charge in [-0.3, -0.25) is 4.79 Å². The van der Waals surface area contributed by atoms with Crippen molar-refractivity contribution in [3.63, 3.8) is 0 Å². The summed E-state index contributed by atoms with van der Waals surface area (Å²) in [5.41, 5.74) is -0.0670. The number of aromatic nitrogens is 3. The van der Waals surface area contributed by atoms with Gasteiger partial charge in [-0.25, -0.2) is 22.8 Å². The van der Waals surface area contributed by atoms with Gasteiger partial charge in [-0.15, -0.1) is 5.10 Å². The average molecular weight is 564 g/mol. The number of nitrogens with zero attached hydrogens (tertiary/aromatic N) is 4. The third-order valence-corrected chi connectivity index (χ3v) is 10.2. The molecule has 212 valence electrons. The van der Waals surface area contributed by atoms with E-state index in [1.165, 1.54) is 37.8 Å². The minimum absolute atomic E-state index is 0.0270. The van der Waals surface area contributed by atoms with E-state index in [1.807, 2.05) is 6.07 Å². The Morgan fingerprint density at radius 3 is 2.58 bits per heavy atom. The summed E-state index contributed by atoms with van der Waals surface area (Å²) in [7, 11) is -4.04. The van der Waals surface area contributed by atoms with Crippen LogP contribution in [0.3, 0.4) is 0 Å². The second-order valence-electron chi connectivity index (χ2n) is 12.4. The maximum absolute atomic E-state index is 13.4. The molecule has 1 aliphatic heterocycles. The van der Waals surface area contributed by atoms with Crippen molar-refractivity contribution in [2.75, 3.05) is 18.1 Å². The minimum atomic E-state index is -4.04. The summed E-state index contributed by atoms with van der Waals surface area (Å²) in [4.78, 5) is 20.4. The number of anilines is 1. The summed E-state index contributed by atoms with van der Waals surface area (Å²) >= 11 is 0. The van der Waals surface area contributed by atoms with Crippen molar-refractivity contribution in [3.05, 3.63) is 60.3 Å². The number of sulfonamides is 1. The van der Waals surface area contributed by atoms with Gasteiger partial charge in [0.25, 0.3) is 15.9 Å². The van der Waals surface area contributed by atoms with Gasteiger partial charge in [0.15, 0.2) is 5.82 Å². The van der Waals surface area contributed by atoms with E-state index in [0.29, 0.717) is 42.5 Å². The molecule has 1 unspecified atom stereocenters. The fraction of sp³-hybridized carbons (Fsp3) is 0.500. The minimum Gasteiger partial charge on any atom is -0.476 e. The molecule has 1 saturated heterocycles. The number of ether oxygens (including phenoxy) is 1. The van der Waals surface area contributed by atoms with E-state index < -0.39 is 15.9 Å². The van der Waals surface area contributed by atoms with Crippen molar-refractivity contribution < 1.29 is 17.9 Å². The van der Waals surface area contributed by atoms with Crippen LogP contribution in [0, 0.1) is 23.7 Å². The Labute approximate surface area is 236 Å². The van der Waals surface area contributed by atoms with Gasteiger partial charge < -0.3 is 9.64 Å². The zero-order chi connectivity index (χ0) is 28.1. The third-order valence-electron chi connectivity index (χ3n) is 8.84. The largest absolute Gasteiger partial charge is 0.476 e. The number of rotatable bonds is 8. The molecule has 3 aromatic rings. The quantitative estimate of drug-likeness (QED) is 0.419. The molecule has 3 aliphatic rings. The molecule has 6 rings (SSSR count). The lowest BCUT2D eigenvalue weighted by Gasteiger charge is -2.34. The highest BCUT2D eigenvalue weighted by molar-refractivity contribution is 7.90. The van der Waals surface area contributed by atoms with E-state index in [2.05, 4.69) is 35.5 Å². The van der Waals surface area contributed by atoms with E-state index in [-0.39, 0.29) is 16.0 Å². The molecular weight excluding hydrogens is 526 g/mol. The molecular formula is C30H37N5O4S. The van der Waals surface area contributed by atoms with E-state index in [4.69, 9.17) is 9.72 Å². The Morgan fingerprint density at radius 2 is 1.90 bits per heavy atom. The van der Waals surface area contributed by atoms with E-state index in [1.54, 1.807) is 41.2 Å². The summed E-state index contributed by atoms with van der Waals surface area (Å²) in [5.74, 6) is 3.45. The number of fused-ring (bicyclic) bond motifs is 2. The molecule has 0 spiro atoms. The molecule has 0 radical (unpaired) electrons. The van der Waals surface area contributed by atoms with Crippen LogP contribution in [0.25, 0.3) is 5.82 Å². The highest BCUT2D eigenvalue weighted by Gasteiger charge is 2.40. The second kappa shape index (κ2) is 10.2. The van der Waals surface area contributed by atoms with Crippen molar-refractivity contribution in [3.8, 4) is 11.7 Å². The maximum Gasteiger partial charge on any atom is 0.268 e. The Bertz CT molecular complexity index is 1500. The highest BCUT2D eigenvalue weighted by Crippen LogP contribution is 2.48. The van der Waals surface area contributed by atoms with Crippen LogP contribution < -0.4 is 14.4 Å². The van der Waals surface area contributed by atoms with E-state index in [0.717, 1.165) is 18.3 Å². The molecule has 2 bridgehead atoms. The SMILES string of the molecule is C[C@@H]1CN(c2nc(-n3ccc(OCC4C[C@H]5CC[C@@H]4C5)n3)ccc2C(=O)NS(=O)(=O)c2ccccc2)C(C)(C)C1. The molecule has 4 atom stereocenters. The van der Waals surface area contributed by atoms with Gasteiger partial charge in [-0.2, -0.15) is 0 Å². The molecule has 3 heterocycles. The maximum atomic E-state index is 13.4. The summed E-state index contributed by atoms with van der Waals surface area (Å²) in [6, 6.07) is 13.0. The van der Waals surface area contributed by atoms with Crippen molar-refractivity contribution >= 4 is 21.7 Å². The predicted octanol–water partition coefficient (Wildman–Crippen LogP) is 4.83. The summed E-state index contributed by atoms with van der Waals surface area (Å²) in [6.07, 6.45) is 8.00. The zero-order valence-electron chi connectivity index (χ0n) is 23.3. The molecule has 2 aliphatic carbocycles. The Balaban J connectivity index is 1.27. The van der Waals surface area contributed by atoms with Crippen molar-refractivity contribution in [1.82, 2.24) is 19.5 Å². The smallest absolute Gasteiger partial charge is 0.268 e. The van der Waals surface area contributed by atoms with Crippen LogP contribution in [0.5, 0.6) is 5.88 Å². The van der Waals surface area contributed by atoms with Gasteiger partial charge in [-0.1, -0.05) is 31.5 Å². The van der Waals surface area contributed by atoms with Gasteiger partial charge in [0.05, 0.1) is 17.1 Å². The number of amides is 1. The first-order chi connectivity index (χ1) is 19.1. The monoisotopic (exact) mass is 563 g/mol. The summed E-state index contributed by atoms with van der Waals surface area (Å²) < 4.78 is 35.8. The number of benzene rings is 1. The van der Waals surface area contributed by atoms with E-state index in [9.17, 15) is 13.2 Å². The standard InChI is InChI=1S/C30H37N5O4S/c1-20-17-30(2,3)34(18-20)28-25(29(36)33-40(37,38)24-7-5-4-6-8-24)11-12-26(31-28)35-14-13-27(32-35)39-19-23-16-21-9-10-22(23)15-21/h4-8,11-14,20-23H,9-10,15-19H2,1-3H3,(H,33,36)/t20-,21-,22+,23?/m0/s1. The van der Waals surface area contributed by atoms with Crippen molar-refractivity contribution in [2.24, 2.45) is 23.7 Å².